The zero-order valence-corrected chi connectivity index (χ0v) is 15.1. The van der Waals surface area contributed by atoms with Gasteiger partial charge in [-0.2, -0.15) is 9.97 Å². The van der Waals surface area contributed by atoms with Crippen LogP contribution in [0.1, 0.15) is 19.6 Å². The summed E-state index contributed by atoms with van der Waals surface area (Å²) in [4.78, 5) is 29.8. The number of ether oxygens (including phenoxy) is 2. The Morgan fingerprint density at radius 2 is 2.07 bits per heavy atom. The van der Waals surface area contributed by atoms with Crippen molar-refractivity contribution in [1.82, 2.24) is 19.5 Å². The van der Waals surface area contributed by atoms with Crippen LogP contribution in [0.3, 0.4) is 0 Å². The van der Waals surface area contributed by atoms with Gasteiger partial charge in [-0.25, -0.2) is 9.55 Å². The van der Waals surface area contributed by atoms with E-state index in [9.17, 15) is 14.8 Å². The van der Waals surface area contributed by atoms with Gasteiger partial charge in [-0.15, -0.1) is 0 Å². The summed E-state index contributed by atoms with van der Waals surface area (Å²) in [5.74, 6) is 0.0688. The van der Waals surface area contributed by atoms with E-state index in [-0.39, 0.29) is 23.0 Å². The number of hydrogen-bond donors (Lipinski definition) is 5. The lowest BCUT2D eigenvalue weighted by Gasteiger charge is -2.17. The Bertz CT molecular complexity index is 857. The van der Waals surface area contributed by atoms with Crippen LogP contribution >= 0.6 is 7.82 Å². The number of nitrogen functional groups attached to an aromatic ring is 1. The monoisotopic (exact) mass is 405 g/mol. The predicted octanol–water partition coefficient (Wildman–Crippen LogP) is -1.07. The van der Waals surface area contributed by atoms with Gasteiger partial charge in [0.05, 0.1) is 19.5 Å². The van der Waals surface area contributed by atoms with Gasteiger partial charge >= 0.3 is 13.8 Å². The highest BCUT2D eigenvalue weighted by atomic mass is 31.2. The van der Waals surface area contributed by atoms with Crippen molar-refractivity contribution in [1.29, 1.82) is 0 Å². The third kappa shape index (κ3) is 4.19. The van der Waals surface area contributed by atoms with E-state index >= 15 is 0 Å². The van der Waals surface area contributed by atoms with Crippen molar-refractivity contribution in [3.63, 3.8) is 0 Å². The Balaban J connectivity index is 1.88. The second-order valence-electron chi connectivity index (χ2n) is 5.90. The van der Waals surface area contributed by atoms with E-state index in [1.165, 1.54) is 10.9 Å². The summed E-state index contributed by atoms with van der Waals surface area (Å²) in [7, 11) is -4.75. The van der Waals surface area contributed by atoms with Gasteiger partial charge in [0, 0.05) is 0 Å². The zero-order valence-electron chi connectivity index (χ0n) is 14.2. The van der Waals surface area contributed by atoms with Crippen LogP contribution in [0.5, 0.6) is 6.01 Å². The van der Waals surface area contributed by atoms with Crippen LogP contribution in [0.15, 0.2) is 6.33 Å². The fourth-order valence-electron chi connectivity index (χ4n) is 2.63. The molecule has 0 radical (unpaired) electrons. The molecule has 0 aromatic carbocycles. The number of nitrogens with two attached hydrogens (primary N) is 1. The topological polar surface area (TPSA) is 195 Å². The highest BCUT2D eigenvalue weighted by Crippen LogP contribution is 2.39. The number of imidazole rings is 1. The first-order valence-electron chi connectivity index (χ1n) is 8.05. The van der Waals surface area contributed by atoms with Gasteiger partial charge in [0.15, 0.2) is 23.2 Å². The van der Waals surface area contributed by atoms with Crippen molar-refractivity contribution >= 4 is 24.8 Å². The van der Waals surface area contributed by atoms with Crippen LogP contribution in [0.25, 0.3) is 11.2 Å². The quantitative estimate of drug-likeness (QED) is 0.350. The summed E-state index contributed by atoms with van der Waals surface area (Å²) in [6.45, 7) is 1.67. The molecule has 2 aromatic rings. The molecule has 3 heterocycles. The summed E-state index contributed by atoms with van der Waals surface area (Å²) in [6, 6.07) is 0.0259. The molecule has 2 unspecified atom stereocenters. The van der Waals surface area contributed by atoms with E-state index in [1.54, 1.807) is 0 Å². The summed E-state index contributed by atoms with van der Waals surface area (Å²) >= 11 is 0. The molecule has 13 nitrogen and oxygen atoms in total. The van der Waals surface area contributed by atoms with Crippen LogP contribution in [0, 0.1) is 0 Å². The third-order valence-electron chi connectivity index (χ3n) is 3.88. The lowest BCUT2D eigenvalue weighted by molar-refractivity contribution is -0.0504. The average molecular weight is 405 g/mol. The molecule has 1 saturated heterocycles. The highest BCUT2D eigenvalue weighted by molar-refractivity contribution is 7.46. The molecular formula is C13H20N5O8P. The van der Waals surface area contributed by atoms with Crippen molar-refractivity contribution in [2.24, 2.45) is 0 Å². The number of nitrogens with zero attached hydrogens (tertiary/aromatic N) is 4. The highest BCUT2D eigenvalue weighted by Gasteiger charge is 2.45. The Hall–Kier alpha value is -1.86. The average Bonchev–Trinajstić information content (AvgIpc) is 3.13. The number of anilines is 1. The minimum atomic E-state index is -4.75. The van der Waals surface area contributed by atoms with Gasteiger partial charge in [-0.05, 0) is 6.42 Å². The van der Waals surface area contributed by atoms with Gasteiger partial charge in [0.25, 0.3) is 0 Å². The molecule has 0 aliphatic carbocycles. The molecule has 1 fully saturated rings. The number of aliphatic hydroxyl groups is 2. The van der Waals surface area contributed by atoms with Crippen LogP contribution in [-0.4, -0.2) is 71.0 Å². The van der Waals surface area contributed by atoms with Crippen LogP contribution in [0.4, 0.5) is 5.82 Å². The lowest BCUT2D eigenvalue weighted by atomic mass is 10.1. The number of phosphoric acid groups is 1. The first-order chi connectivity index (χ1) is 12.7. The molecule has 0 spiro atoms. The normalized spacial score (nSPS) is 26.0. The summed E-state index contributed by atoms with van der Waals surface area (Å²) in [5.41, 5.74) is 6.32. The van der Waals surface area contributed by atoms with Crippen molar-refractivity contribution < 1.29 is 38.6 Å². The maximum Gasteiger partial charge on any atom is 0.469 e. The summed E-state index contributed by atoms with van der Waals surface area (Å²) in [5, 5.41) is 20.4. The molecule has 14 heteroatoms. The van der Waals surface area contributed by atoms with Crippen molar-refractivity contribution in [3.05, 3.63) is 6.33 Å². The minimum Gasteiger partial charge on any atom is -0.463 e. The molecule has 3 rings (SSSR count). The number of aromatic nitrogens is 4. The first-order valence-corrected chi connectivity index (χ1v) is 9.58. The molecule has 0 saturated carbocycles. The second kappa shape index (κ2) is 7.64. The summed E-state index contributed by atoms with van der Waals surface area (Å²) in [6.07, 6.45) is -3.16. The minimum absolute atomic E-state index is 0.0259. The molecule has 1 aliphatic rings. The number of aliphatic hydroxyl groups excluding tert-OH is 2. The second-order valence-corrected chi connectivity index (χ2v) is 7.14. The van der Waals surface area contributed by atoms with Gasteiger partial charge < -0.3 is 35.2 Å². The maximum atomic E-state index is 10.8. The number of rotatable bonds is 7. The fraction of sp³-hybridized carbons (Fsp3) is 0.615. The summed E-state index contributed by atoms with van der Waals surface area (Å²) < 4.78 is 27.4. The molecule has 2 aromatic heterocycles. The van der Waals surface area contributed by atoms with Crippen molar-refractivity contribution in [2.45, 2.75) is 37.9 Å². The van der Waals surface area contributed by atoms with Crippen molar-refractivity contribution in [3.8, 4) is 6.01 Å². The number of fused-ring (bicyclic) bond motifs is 1. The zero-order chi connectivity index (χ0) is 19.8. The van der Waals surface area contributed by atoms with E-state index < -0.39 is 39.0 Å². The molecule has 1 aliphatic heterocycles. The Labute approximate surface area is 153 Å². The maximum absolute atomic E-state index is 10.8. The van der Waals surface area contributed by atoms with Gasteiger partial charge in [0.2, 0.25) is 0 Å². The standard InChI is InChI=1S/C13H20N5O8P/c1-2-3-24-13-16-10(14)7-11(17-13)18(5-15-7)12-9(20)8(19)6(26-12)4-25-27(21,22)23/h5-6,8-9,12,19-20H,2-4H2,1H3,(H2,14,16,17)(H2,21,22,23)/t6-,8?,9?,12-/m1/s1. The van der Waals surface area contributed by atoms with Gasteiger partial charge in [-0.3, -0.25) is 9.09 Å². The van der Waals surface area contributed by atoms with Crippen LogP contribution in [-0.2, 0) is 13.8 Å². The molecule has 27 heavy (non-hydrogen) atoms. The number of phosphoric ester groups is 1. The Morgan fingerprint density at radius 1 is 1.33 bits per heavy atom. The van der Waals surface area contributed by atoms with Gasteiger partial charge in [-0.1, -0.05) is 6.92 Å². The predicted molar refractivity (Wildman–Crippen MR) is 89.4 cm³/mol. The lowest BCUT2D eigenvalue weighted by Crippen LogP contribution is -2.33. The Kier molecular flexibility index (Phi) is 5.63. The SMILES string of the molecule is CCCOc1nc(N)c2ncn([C@@H]3O[C@H](COP(=O)(O)O)C(O)C3O)c2n1. The number of hydrogen-bond acceptors (Lipinski definition) is 10. The van der Waals surface area contributed by atoms with Crippen molar-refractivity contribution in [2.75, 3.05) is 18.9 Å². The molecule has 6 N–H and O–H groups in total. The smallest absolute Gasteiger partial charge is 0.463 e. The molecule has 4 atom stereocenters. The molecule has 0 bridgehead atoms. The van der Waals surface area contributed by atoms with E-state index in [1.807, 2.05) is 6.92 Å². The largest absolute Gasteiger partial charge is 0.469 e. The van der Waals surface area contributed by atoms with E-state index in [0.29, 0.717) is 6.61 Å². The molecule has 150 valence electrons. The van der Waals surface area contributed by atoms with Crippen LogP contribution < -0.4 is 10.5 Å². The van der Waals surface area contributed by atoms with Crippen LogP contribution in [0.2, 0.25) is 0 Å². The molecular weight excluding hydrogens is 385 g/mol. The van der Waals surface area contributed by atoms with E-state index in [0.717, 1.165) is 6.42 Å². The van der Waals surface area contributed by atoms with Gasteiger partial charge in [0.1, 0.15) is 18.3 Å². The van der Waals surface area contributed by atoms with E-state index in [4.69, 9.17) is 25.0 Å². The Morgan fingerprint density at radius 3 is 2.74 bits per heavy atom. The third-order valence-corrected chi connectivity index (χ3v) is 4.37. The van der Waals surface area contributed by atoms with E-state index in [2.05, 4.69) is 19.5 Å². The fourth-order valence-corrected chi connectivity index (χ4v) is 2.97. The molecule has 0 amide bonds. The first kappa shape index (κ1) is 19.9.